The van der Waals surface area contributed by atoms with Crippen LogP contribution in [0, 0.1) is 0 Å². The molecular formula is C12H16N2O3. The Labute approximate surface area is 99.5 Å². The Hall–Kier alpha value is -1.43. The molecule has 2 rings (SSSR count). The van der Waals surface area contributed by atoms with E-state index in [0.29, 0.717) is 0 Å². The summed E-state index contributed by atoms with van der Waals surface area (Å²) in [7, 11) is 0. The maximum Gasteiger partial charge on any atom is 0.244 e. The second-order valence-corrected chi connectivity index (χ2v) is 4.27. The van der Waals surface area contributed by atoms with Gasteiger partial charge in [0.25, 0.3) is 0 Å². The quantitative estimate of drug-likeness (QED) is 0.630. The number of aliphatic hydroxyl groups is 2. The normalized spacial score (nSPS) is 25.9. The summed E-state index contributed by atoms with van der Waals surface area (Å²) >= 11 is 0. The maximum atomic E-state index is 12.0. The van der Waals surface area contributed by atoms with Crippen LogP contribution in [0.15, 0.2) is 30.3 Å². The fourth-order valence-electron chi connectivity index (χ4n) is 1.95. The Morgan fingerprint density at radius 3 is 2.29 bits per heavy atom. The summed E-state index contributed by atoms with van der Waals surface area (Å²) < 4.78 is 0. The van der Waals surface area contributed by atoms with Crippen LogP contribution in [0.5, 0.6) is 0 Å². The molecule has 3 atom stereocenters. The Bertz CT molecular complexity index is 386. The zero-order chi connectivity index (χ0) is 12.4. The summed E-state index contributed by atoms with van der Waals surface area (Å²) in [5, 5.41) is 18.8. The van der Waals surface area contributed by atoms with Gasteiger partial charge in [-0.2, -0.15) is 0 Å². The van der Waals surface area contributed by atoms with E-state index in [1.807, 2.05) is 18.2 Å². The van der Waals surface area contributed by atoms with E-state index in [9.17, 15) is 15.0 Å². The number of hydrogen-bond acceptors (Lipinski definition) is 4. The van der Waals surface area contributed by atoms with E-state index in [1.165, 1.54) is 4.90 Å². The molecule has 5 heteroatoms. The predicted octanol–water partition coefficient (Wildman–Crippen LogP) is -0.750. The van der Waals surface area contributed by atoms with Gasteiger partial charge < -0.3 is 20.8 Å². The van der Waals surface area contributed by atoms with Crippen molar-refractivity contribution in [2.75, 3.05) is 13.1 Å². The number of likely N-dealkylation sites (tertiary alicyclic amines) is 1. The van der Waals surface area contributed by atoms with Crippen molar-refractivity contribution in [3.05, 3.63) is 35.9 Å². The van der Waals surface area contributed by atoms with Crippen LogP contribution in [0.1, 0.15) is 11.6 Å². The van der Waals surface area contributed by atoms with Crippen molar-refractivity contribution in [3.63, 3.8) is 0 Å². The first-order valence-corrected chi connectivity index (χ1v) is 5.55. The first-order chi connectivity index (χ1) is 8.09. The first kappa shape index (κ1) is 12.0. The molecule has 0 radical (unpaired) electrons. The molecule has 92 valence electrons. The van der Waals surface area contributed by atoms with Gasteiger partial charge in [-0.15, -0.1) is 0 Å². The number of benzene rings is 1. The second-order valence-electron chi connectivity index (χ2n) is 4.27. The standard InChI is InChI=1S/C12H16N2O3/c13-11(8-4-2-1-3-5-8)12(17)14-6-9(15)10(16)7-14/h1-5,9-11,15-16H,6-7,13H2. The summed E-state index contributed by atoms with van der Waals surface area (Å²) in [6.45, 7) is 0.279. The smallest absolute Gasteiger partial charge is 0.244 e. The van der Waals surface area contributed by atoms with E-state index >= 15 is 0 Å². The minimum absolute atomic E-state index is 0.139. The Morgan fingerprint density at radius 1 is 1.24 bits per heavy atom. The van der Waals surface area contributed by atoms with E-state index in [4.69, 9.17) is 5.73 Å². The van der Waals surface area contributed by atoms with Gasteiger partial charge >= 0.3 is 0 Å². The lowest BCUT2D eigenvalue weighted by atomic mass is 10.1. The molecule has 1 saturated heterocycles. The molecule has 3 unspecified atom stereocenters. The monoisotopic (exact) mass is 236 g/mol. The zero-order valence-electron chi connectivity index (χ0n) is 9.36. The van der Waals surface area contributed by atoms with E-state index in [1.54, 1.807) is 12.1 Å². The van der Waals surface area contributed by atoms with E-state index in [0.717, 1.165) is 5.56 Å². The molecular weight excluding hydrogens is 220 g/mol. The molecule has 1 fully saturated rings. The first-order valence-electron chi connectivity index (χ1n) is 5.55. The number of carbonyl (C=O) groups is 1. The van der Waals surface area contributed by atoms with Gasteiger partial charge in [0.05, 0.1) is 12.2 Å². The number of nitrogens with two attached hydrogens (primary N) is 1. The third kappa shape index (κ3) is 2.46. The van der Waals surface area contributed by atoms with Crippen molar-refractivity contribution in [3.8, 4) is 0 Å². The van der Waals surface area contributed by atoms with Crippen LogP contribution in [-0.2, 0) is 4.79 Å². The van der Waals surface area contributed by atoms with Gasteiger partial charge in [-0.05, 0) is 5.56 Å². The van der Waals surface area contributed by atoms with Crippen LogP contribution in [-0.4, -0.2) is 46.3 Å². The fourth-order valence-corrected chi connectivity index (χ4v) is 1.95. The molecule has 0 aliphatic carbocycles. The van der Waals surface area contributed by atoms with Crippen LogP contribution in [0.3, 0.4) is 0 Å². The lowest BCUT2D eigenvalue weighted by Gasteiger charge is -2.20. The summed E-state index contributed by atoms with van der Waals surface area (Å²) in [6.07, 6.45) is -1.75. The highest BCUT2D eigenvalue weighted by Gasteiger charge is 2.34. The molecule has 17 heavy (non-hydrogen) atoms. The van der Waals surface area contributed by atoms with Crippen molar-refractivity contribution >= 4 is 5.91 Å². The number of amides is 1. The van der Waals surface area contributed by atoms with Crippen molar-refractivity contribution in [2.24, 2.45) is 5.73 Å². The molecule has 0 spiro atoms. The van der Waals surface area contributed by atoms with Crippen LogP contribution in [0.2, 0.25) is 0 Å². The van der Waals surface area contributed by atoms with E-state index in [-0.39, 0.29) is 19.0 Å². The number of aliphatic hydroxyl groups excluding tert-OH is 2. The summed E-state index contributed by atoms with van der Waals surface area (Å²) in [4.78, 5) is 13.4. The third-order valence-corrected chi connectivity index (χ3v) is 3.00. The van der Waals surface area contributed by atoms with Gasteiger partial charge in [-0.1, -0.05) is 30.3 Å². The molecule has 1 amide bonds. The molecule has 1 aliphatic rings. The topological polar surface area (TPSA) is 86.8 Å². The van der Waals surface area contributed by atoms with Crippen LogP contribution < -0.4 is 5.73 Å². The van der Waals surface area contributed by atoms with Crippen LogP contribution in [0.4, 0.5) is 0 Å². The molecule has 1 heterocycles. The lowest BCUT2D eigenvalue weighted by Crippen LogP contribution is -2.37. The zero-order valence-corrected chi connectivity index (χ0v) is 9.36. The average molecular weight is 236 g/mol. The van der Waals surface area contributed by atoms with Gasteiger partial charge in [-0.3, -0.25) is 4.79 Å². The molecule has 0 bridgehead atoms. The molecule has 0 saturated carbocycles. The highest BCUT2D eigenvalue weighted by Crippen LogP contribution is 2.17. The maximum absolute atomic E-state index is 12.0. The van der Waals surface area contributed by atoms with Crippen LogP contribution in [0.25, 0.3) is 0 Å². The molecule has 0 aromatic heterocycles. The van der Waals surface area contributed by atoms with Gasteiger partial charge in [0, 0.05) is 13.1 Å². The third-order valence-electron chi connectivity index (χ3n) is 3.00. The number of hydrogen-bond donors (Lipinski definition) is 3. The summed E-state index contributed by atoms with van der Waals surface area (Å²) in [6, 6.07) is 8.31. The predicted molar refractivity (Wildman–Crippen MR) is 62.0 cm³/mol. The molecule has 5 nitrogen and oxygen atoms in total. The Balaban J connectivity index is 2.06. The molecule has 4 N–H and O–H groups in total. The van der Waals surface area contributed by atoms with Crippen molar-refractivity contribution in [1.82, 2.24) is 4.90 Å². The second kappa shape index (κ2) is 4.83. The van der Waals surface area contributed by atoms with Gasteiger partial charge in [0.2, 0.25) is 5.91 Å². The fraction of sp³-hybridized carbons (Fsp3) is 0.417. The highest BCUT2D eigenvalue weighted by molar-refractivity contribution is 5.83. The van der Waals surface area contributed by atoms with E-state index in [2.05, 4.69) is 0 Å². The minimum Gasteiger partial charge on any atom is -0.388 e. The van der Waals surface area contributed by atoms with Crippen LogP contribution >= 0.6 is 0 Å². The van der Waals surface area contributed by atoms with Crippen molar-refractivity contribution in [2.45, 2.75) is 18.2 Å². The number of rotatable bonds is 2. The SMILES string of the molecule is NC(C(=O)N1CC(O)C(O)C1)c1ccccc1. The summed E-state index contributed by atoms with van der Waals surface area (Å²) in [5.74, 6) is -0.271. The van der Waals surface area contributed by atoms with Gasteiger partial charge in [-0.25, -0.2) is 0 Å². The number of β-amino-alcohol motifs (C(OH)–C–C–N with tert-alkyl or cyclic N) is 2. The minimum atomic E-state index is -0.873. The van der Waals surface area contributed by atoms with Gasteiger partial charge in [0.1, 0.15) is 6.04 Å². The Morgan fingerprint density at radius 2 is 1.76 bits per heavy atom. The largest absolute Gasteiger partial charge is 0.388 e. The summed E-state index contributed by atoms with van der Waals surface area (Å²) in [5.41, 5.74) is 6.58. The number of nitrogens with zero attached hydrogens (tertiary/aromatic N) is 1. The highest BCUT2D eigenvalue weighted by atomic mass is 16.3. The van der Waals surface area contributed by atoms with Gasteiger partial charge in [0.15, 0.2) is 0 Å². The lowest BCUT2D eigenvalue weighted by molar-refractivity contribution is -0.132. The van der Waals surface area contributed by atoms with E-state index < -0.39 is 18.2 Å². The molecule has 1 aromatic rings. The van der Waals surface area contributed by atoms with Crippen molar-refractivity contribution in [1.29, 1.82) is 0 Å². The average Bonchev–Trinajstić information content (AvgIpc) is 2.69. The number of carbonyl (C=O) groups excluding carboxylic acids is 1. The molecule has 1 aromatic carbocycles. The Kier molecular flexibility index (Phi) is 3.42. The van der Waals surface area contributed by atoms with Crippen molar-refractivity contribution < 1.29 is 15.0 Å². The molecule has 1 aliphatic heterocycles.